The number of hydrogen-bond donors (Lipinski definition) is 0. The van der Waals surface area contributed by atoms with E-state index in [0.29, 0.717) is 5.92 Å². The highest BCUT2D eigenvalue weighted by Gasteiger charge is 2.27. The van der Waals surface area contributed by atoms with E-state index in [9.17, 15) is 0 Å². The zero-order valence-corrected chi connectivity index (χ0v) is 13.2. The molecule has 108 valence electrons. The minimum atomic E-state index is 0.347. The van der Waals surface area contributed by atoms with Gasteiger partial charge in [-0.3, -0.25) is 4.99 Å². The van der Waals surface area contributed by atoms with Crippen molar-refractivity contribution in [3.05, 3.63) is 76.9 Å². The Bertz CT molecular complexity index is 893. The summed E-state index contributed by atoms with van der Waals surface area (Å²) in [4.78, 5) is 5.09. The minimum absolute atomic E-state index is 0.347. The van der Waals surface area contributed by atoms with Crippen LogP contribution in [-0.2, 0) is 0 Å². The quantitative estimate of drug-likeness (QED) is 0.544. The van der Waals surface area contributed by atoms with Crippen molar-refractivity contribution >= 4 is 22.2 Å². The Labute approximate surface area is 131 Å². The summed E-state index contributed by atoms with van der Waals surface area (Å²) in [5.41, 5.74) is 7.49. The summed E-state index contributed by atoms with van der Waals surface area (Å²) in [5, 5.41) is 2.69. The third kappa shape index (κ3) is 1.82. The smallest absolute Gasteiger partial charge is 0.0691 e. The van der Waals surface area contributed by atoms with Crippen molar-refractivity contribution in [3.8, 4) is 0 Å². The minimum Gasteiger partial charge on any atom is -0.252 e. The van der Waals surface area contributed by atoms with E-state index < -0.39 is 0 Å². The molecule has 1 nitrogen and oxygen atoms in total. The van der Waals surface area contributed by atoms with E-state index >= 15 is 0 Å². The van der Waals surface area contributed by atoms with Gasteiger partial charge in [0, 0.05) is 11.5 Å². The van der Waals surface area contributed by atoms with Crippen LogP contribution < -0.4 is 0 Å². The van der Waals surface area contributed by atoms with Crippen LogP contribution in [0.15, 0.2) is 59.6 Å². The summed E-state index contributed by atoms with van der Waals surface area (Å²) >= 11 is 0. The van der Waals surface area contributed by atoms with Crippen molar-refractivity contribution in [2.75, 3.05) is 0 Å². The van der Waals surface area contributed by atoms with Gasteiger partial charge in [0.15, 0.2) is 0 Å². The lowest BCUT2D eigenvalue weighted by atomic mass is 10.0. The second-order valence-corrected chi connectivity index (χ2v) is 6.21. The van der Waals surface area contributed by atoms with Crippen LogP contribution in [0, 0.1) is 13.8 Å². The van der Waals surface area contributed by atoms with E-state index in [1.165, 1.54) is 38.7 Å². The lowest BCUT2D eigenvalue weighted by Crippen LogP contribution is -2.03. The van der Waals surface area contributed by atoms with Crippen LogP contribution >= 0.6 is 0 Å². The van der Waals surface area contributed by atoms with Gasteiger partial charge >= 0.3 is 0 Å². The van der Waals surface area contributed by atoms with Crippen LogP contribution in [0.5, 0.6) is 0 Å². The van der Waals surface area contributed by atoms with Gasteiger partial charge in [0.1, 0.15) is 0 Å². The van der Waals surface area contributed by atoms with Gasteiger partial charge in [0.25, 0.3) is 0 Å². The lowest BCUT2D eigenvalue weighted by Gasteiger charge is -2.10. The van der Waals surface area contributed by atoms with Gasteiger partial charge in [-0.2, -0.15) is 0 Å². The maximum atomic E-state index is 5.09. The fourth-order valence-electron chi connectivity index (χ4n) is 3.58. The molecule has 0 aliphatic heterocycles. The Morgan fingerprint density at radius 2 is 1.45 bits per heavy atom. The Morgan fingerprint density at radius 3 is 2.18 bits per heavy atom. The molecule has 0 fully saturated rings. The van der Waals surface area contributed by atoms with Crippen molar-refractivity contribution in [2.45, 2.75) is 26.7 Å². The van der Waals surface area contributed by atoms with Crippen molar-refractivity contribution in [1.29, 1.82) is 0 Å². The molecule has 1 aliphatic carbocycles. The zero-order chi connectivity index (χ0) is 15.3. The van der Waals surface area contributed by atoms with Crippen LogP contribution in [0.2, 0.25) is 0 Å². The van der Waals surface area contributed by atoms with Crippen molar-refractivity contribution < 1.29 is 0 Å². The van der Waals surface area contributed by atoms with Gasteiger partial charge in [0.2, 0.25) is 0 Å². The van der Waals surface area contributed by atoms with Crippen molar-refractivity contribution in [3.63, 3.8) is 0 Å². The van der Waals surface area contributed by atoms with E-state index in [1.54, 1.807) is 0 Å². The Morgan fingerprint density at radius 1 is 0.818 bits per heavy atom. The largest absolute Gasteiger partial charge is 0.252 e. The standard InChI is InChI=1S/C21H19N/c1-13-7-4-8-14(2)20(13)22-21-15(3)17-11-5-9-16-10-6-12-18(21)19(16)17/h4-12,15H,1-3H3. The number of para-hydroxylation sites is 1. The first-order valence-corrected chi connectivity index (χ1v) is 7.83. The average molecular weight is 285 g/mol. The van der Waals surface area contributed by atoms with Crippen molar-refractivity contribution in [1.82, 2.24) is 0 Å². The highest BCUT2D eigenvalue weighted by atomic mass is 14.8. The second kappa shape index (κ2) is 4.81. The molecule has 22 heavy (non-hydrogen) atoms. The van der Waals surface area contributed by atoms with Crippen LogP contribution in [0.25, 0.3) is 10.8 Å². The second-order valence-electron chi connectivity index (χ2n) is 6.21. The molecule has 0 amide bonds. The maximum absolute atomic E-state index is 5.09. The van der Waals surface area contributed by atoms with Gasteiger partial charge < -0.3 is 0 Å². The summed E-state index contributed by atoms with van der Waals surface area (Å²) in [6.45, 7) is 6.54. The molecule has 0 spiro atoms. The average Bonchev–Trinajstić information content (AvgIpc) is 2.79. The number of nitrogens with zero attached hydrogens (tertiary/aromatic N) is 1. The van der Waals surface area contributed by atoms with Crippen LogP contribution in [0.4, 0.5) is 5.69 Å². The van der Waals surface area contributed by atoms with Crippen molar-refractivity contribution in [2.24, 2.45) is 4.99 Å². The summed E-state index contributed by atoms with van der Waals surface area (Å²) in [6, 6.07) is 19.5. The van der Waals surface area contributed by atoms with E-state index in [0.717, 1.165) is 5.69 Å². The molecule has 4 rings (SSSR count). The lowest BCUT2D eigenvalue weighted by molar-refractivity contribution is 1.05. The third-order valence-corrected chi connectivity index (χ3v) is 4.76. The summed E-state index contributed by atoms with van der Waals surface area (Å²) < 4.78 is 0. The van der Waals surface area contributed by atoms with E-state index in [4.69, 9.17) is 4.99 Å². The first kappa shape index (κ1) is 13.3. The Hall–Kier alpha value is -2.41. The SMILES string of the molecule is Cc1cccc(C)c1N=C1c2cccc3cccc(c23)C1C. The highest BCUT2D eigenvalue weighted by molar-refractivity contribution is 6.21. The molecule has 0 radical (unpaired) electrons. The number of aliphatic imine (C=N–C) groups is 1. The topological polar surface area (TPSA) is 12.4 Å². The Kier molecular flexibility index (Phi) is 2.90. The molecule has 1 atom stereocenters. The van der Waals surface area contributed by atoms with Gasteiger partial charge in [-0.15, -0.1) is 0 Å². The molecule has 1 heteroatoms. The number of aryl methyl sites for hydroxylation is 2. The van der Waals surface area contributed by atoms with Crippen LogP contribution in [-0.4, -0.2) is 5.71 Å². The Balaban J connectivity index is 1.99. The van der Waals surface area contributed by atoms with Crippen LogP contribution in [0.3, 0.4) is 0 Å². The van der Waals surface area contributed by atoms with E-state index in [2.05, 4.69) is 75.4 Å². The number of hydrogen-bond acceptors (Lipinski definition) is 1. The summed E-state index contributed by atoms with van der Waals surface area (Å²) in [6.07, 6.45) is 0. The molecular formula is C21H19N. The van der Waals surface area contributed by atoms with E-state index in [-0.39, 0.29) is 0 Å². The van der Waals surface area contributed by atoms with Gasteiger partial charge in [0.05, 0.1) is 11.4 Å². The van der Waals surface area contributed by atoms with Gasteiger partial charge in [-0.1, -0.05) is 61.5 Å². The normalized spacial score (nSPS) is 18.3. The van der Waals surface area contributed by atoms with E-state index in [1.807, 2.05) is 0 Å². The first-order chi connectivity index (χ1) is 10.7. The third-order valence-electron chi connectivity index (χ3n) is 4.76. The molecule has 0 bridgehead atoms. The fraction of sp³-hybridized carbons (Fsp3) is 0.190. The van der Waals surface area contributed by atoms with Gasteiger partial charge in [-0.25, -0.2) is 0 Å². The van der Waals surface area contributed by atoms with Gasteiger partial charge in [-0.05, 0) is 41.3 Å². The molecule has 3 aromatic carbocycles. The molecule has 0 saturated carbocycles. The maximum Gasteiger partial charge on any atom is 0.0691 e. The highest BCUT2D eigenvalue weighted by Crippen LogP contribution is 2.40. The zero-order valence-electron chi connectivity index (χ0n) is 13.2. The predicted molar refractivity (Wildman–Crippen MR) is 94.5 cm³/mol. The summed E-state index contributed by atoms with van der Waals surface area (Å²) in [5.74, 6) is 0.347. The monoisotopic (exact) mass is 285 g/mol. The summed E-state index contributed by atoms with van der Waals surface area (Å²) in [7, 11) is 0. The molecule has 0 N–H and O–H groups in total. The molecule has 3 aromatic rings. The molecule has 0 saturated heterocycles. The molecule has 0 aromatic heterocycles. The fourth-order valence-corrected chi connectivity index (χ4v) is 3.58. The molecule has 1 aliphatic rings. The van der Waals surface area contributed by atoms with Crippen LogP contribution in [0.1, 0.15) is 35.1 Å². The predicted octanol–water partition coefficient (Wildman–Crippen LogP) is 5.69. The molecule has 0 heterocycles. The molecule has 1 unspecified atom stereocenters. The number of rotatable bonds is 1. The molecular weight excluding hydrogens is 266 g/mol. The first-order valence-electron chi connectivity index (χ1n) is 7.83. The number of benzene rings is 3.